The molecule has 0 aromatic rings. The smallest absolute Gasteiger partial charge is 0.315 e. The van der Waals surface area contributed by atoms with Gasteiger partial charge in [-0.2, -0.15) is 0 Å². The molecule has 5 heteroatoms. The minimum absolute atomic E-state index is 0.0745. The van der Waals surface area contributed by atoms with Crippen molar-refractivity contribution in [2.45, 2.75) is 38.1 Å². The Morgan fingerprint density at radius 2 is 2.27 bits per heavy atom. The number of nitrogens with one attached hydrogen (secondary N) is 2. The molecular weight excluding hydrogens is 196 g/mol. The van der Waals surface area contributed by atoms with E-state index in [0.29, 0.717) is 6.42 Å². The van der Waals surface area contributed by atoms with Crippen molar-refractivity contribution in [1.82, 2.24) is 10.6 Å². The molecule has 15 heavy (non-hydrogen) atoms. The van der Waals surface area contributed by atoms with Crippen LogP contribution in [0.5, 0.6) is 0 Å². The molecule has 0 bridgehead atoms. The van der Waals surface area contributed by atoms with E-state index in [1.807, 2.05) is 0 Å². The van der Waals surface area contributed by atoms with Gasteiger partial charge in [0, 0.05) is 19.0 Å². The van der Waals surface area contributed by atoms with Gasteiger partial charge in [0.05, 0.1) is 7.11 Å². The summed E-state index contributed by atoms with van der Waals surface area (Å²) >= 11 is 0. The van der Waals surface area contributed by atoms with Crippen LogP contribution in [-0.4, -0.2) is 31.7 Å². The predicted molar refractivity (Wildman–Crippen MR) is 55.4 cm³/mol. The zero-order valence-corrected chi connectivity index (χ0v) is 9.04. The highest BCUT2D eigenvalue weighted by Gasteiger charge is 2.18. The summed E-state index contributed by atoms with van der Waals surface area (Å²) in [6, 6.07) is 0.185. The Kier molecular flexibility index (Phi) is 4.93. The van der Waals surface area contributed by atoms with Gasteiger partial charge in [-0.3, -0.25) is 4.79 Å². The lowest BCUT2D eigenvalue weighted by molar-refractivity contribution is -0.140. The molecule has 0 radical (unpaired) electrons. The number of methoxy groups -OCH3 is 1. The predicted octanol–water partition coefficient (Wildman–Crippen LogP) is 0.791. The highest BCUT2D eigenvalue weighted by Crippen LogP contribution is 2.07. The molecule has 1 aliphatic heterocycles. The van der Waals surface area contributed by atoms with Crippen LogP contribution >= 0.6 is 0 Å². The Balaban J connectivity index is 1.93. The van der Waals surface area contributed by atoms with Crippen LogP contribution in [0.15, 0.2) is 0 Å². The number of carbonyl (C=O) groups excluding carboxylic acids is 2. The third-order valence-electron chi connectivity index (χ3n) is 2.51. The van der Waals surface area contributed by atoms with Gasteiger partial charge in [-0.1, -0.05) is 12.8 Å². The van der Waals surface area contributed by atoms with Gasteiger partial charge in [0.1, 0.15) is 0 Å². The highest BCUT2D eigenvalue weighted by atomic mass is 16.5. The molecule has 1 atom stereocenters. The van der Waals surface area contributed by atoms with Crippen LogP contribution in [0.1, 0.15) is 32.1 Å². The maximum Gasteiger partial charge on any atom is 0.315 e. The van der Waals surface area contributed by atoms with Crippen molar-refractivity contribution in [1.29, 1.82) is 0 Å². The van der Waals surface area contributed by atoms with Gasteiger partial charge < -0.3 is 15.4 Å². The van der Waals surface area contributed by atoms with E-state index in [1.54, 1.807) is 0 Å². The highest BCUT2D eigenvalue weighted by molar-refractivity contribution is 5.76. The minimum Gasteiger partial charge on any atom is -0.469 e. The second-order valence-corrected chi connectivity index (χ2v) is 3.73. The summed E-state index contributed by atoms with van der Waals surface area (Å²) in [5.74, 6) is -0.147. The van der Waals surface area contributed by atoms with Crippen molar-refractivity contribution in [2.75, 3.05) is 13.7 Å². The summed E-state index contributed by atoms with van der Waals surface area (Å²) in [6.07, 6.45) is 4.36. The second-order valence-electron chi connectivity index (χ2n) is 3.73. The van der Waals surface area contributed by atoms with Gasteiger partial charge in [0.25, 0.3) is 0 Å². The van der Waals surface area contributed by atoms with Crippen molar-refractivity contribution in [3.8, 4) is 0 Å². The molecule has 0 aromatic heterocycles. The van der Waals surface area contributed by atoms with Crippen molar-refractivity contribution < 1.29 is 14.3 Å². The average Bonchev–Trinajstić information content (AvgIpc) is 2.63. The van der Waals surface area contributed by atoms with E-state index in [4.69, 9.17) is 0 Å². The molecule has 1 heterocycles. The molecular formula is C10H18N2O3. The number of esters is 1. The molecule has 0 aromatic carbocycles. The molecule has 1 saturated heterocycles. The number of urea groups is 1. The van der Waals surface area contributed by atoms with Gasteiger partial charge >= 0.3 is 12.0 Å². The lowest BCUT2D eigenvalue weighted by Crippen LogP contribution is -2.26. The summed E-state index contributed by atoms with van der Waals surface area (Å²) in [5, 5.41) is 5.54. The van der Waals surface area contributed by atoms with E-state index in [9.17, 15) is 9.59 Å². The molecule has 1 unspecified atom stereocenters. The molecule has 1 aliphatic rings. The van der Waals surface area contributed by atoms with Crippen LogP contribution in [0.3, 0.4) is 0 Å². The van der Waals surface area contributed by atoms with Crippen molar-refractivity contribution in [3.63, 3.8) is 0 Å². The fraction of sp³-hybridized carbons (Fsp3) is 0.800. The number of amides is 2. The Morgan fingerprint density at radius 3 is 2.87 bits per heavy atom. The quantitative estimate of drug-likeness (QED) is 0.507. The first-order chi connectivity index (χ1) is 7.22. The Hall–Kier alpha value is -1.26. The summed E-state index contributed by atoms with van der Waals surface area (Å²) in [5.41, 5.74) is 0. The molecule has 0 saturated carbocycles. The van der Waals surface area contributed by atoms with Crippen LogP contribution in [0, 0.1) is 0 Å². The lowest BCUT2D eigenvalue weighted by atomic mass is 10.1. The first kappa shape index (κ1) is 11.8. The second kappa shape index (κ2) is 6.27. The van der Waals surface area contributed by atoms with E-state index >= 15 is 0 Å². The molecule has 0 spiro atoms. The van der Waals surface area contributed by atoms with Crippen LogP contribution in [0.25, 0.3) is 0 Å². The molecule has 2 N–H and O–H groups in total. The number of ether oxygens (including phenoxy) is 1. The van der Waals surface area contributed by atoms with Crippen LogP contribution < -0.4 is 10.6 Å². The Labute approximate surface area is 89.6 Å². The maximum absolute atomic E-state index is 10.8. The Bertz CT molecular complexity index is 231. The van der Waals surface area contributed by atoms with Gasteiger partial charge in [-0.15, -0.1) is 0 Å². The minimum atomic E-state index is -0.147. The maximum atomic E-state index is 10.8. The molecule has 86 valence electrons. The summed E-state index contributed by atoms with van der Waals surface area (Å²) in [6.45, 7) is 0.718. The number of hydrogen-bond donors (Lipinski definition) is 2. The van der Waals surface area contributed by atoms with E-state index in [1.165, 1.54) is 7.11 Å². The fourth-order valence-corrected chi connectivity index (χ4v) is 1.62. The van der Waals surface area contributed by atoms with Crippen LogP contribution in [0.4, 0.5) is 4.79 Å². The van der Waals surface area contributed by atoms with Crippen molar-refractivity contribution in [3.05, 3.63) is 0 Å². The first-order valence-corrected chi connectivity index (χ1v) is 5.33. The third-order valence-corrected chi connectivity index (χ3v) is 2.51. The first-order valence-electron chi connectivity index (χ1n) is 5.33. The summed E-state index contributed by atoms with van der Waals surface area (Å²) < 4.78 is 4.54. The normalized spacial score (nSPS) is 19.5. The van der Waals surface area contributed by atoms with Gasteiger partial charge in [-0.05, 0) is 12.8 Å². The third kappa shape index (κ3) is 4.67. The van der Waals surface area contributed by atoms with Crippen molar-refractivity contribution >= 4 is 12.0 Å². The van der Waals surface area contributed by atoms with Gasteiger partial charge in [0.15, 0.2) is 0 Å². The zero-order valence-electron chi connectivity index (χ0n) is 9.04. The summed E-state index contributed by atoms with van der Waals surface area (Å²) in [7, 11) is 1.40. The molecule has 0 aliphatic carbocycles. The van der Waals surface area contributed by atoms with Gasteiger partial charge in [0.2, 0.25) is 0 Å². The lowest BCUT2D eigenvalue weighted by Gasteiger charge is -2.07. The van der Waals surface area contributed by atoms with Crippen LogP contribution in [0.2, 0.25) is 0 Å². The van der Waals surface area contributed by atoms with Gasteiger partial charge in [-0.25, -0.2) is 4.79 Å². The number of unbranched alkanes of at least 4 members (excludes halogenated alkanes) is 2. The van der Waals surface area contributed by atoms with E-state index in [-0.39, 0.29) is 18.0 Å². The molecule has 2 amide bonds. The molecule has 1 fully saturated rings. The number of rotatable bonds is 6. The fourth-order valence-electron chi connectivity index (χ4n) is 1.62. The van der Waals surface area contributed by atoms with E-state index in [0.717, 1.165) is 32.2 Å². The average molecular weight is 214 g/mol. The molecule has 1 rings (SSSR count). The van der Waals surface area contributed by atoms with E-state index in [2.05, 4.69) is 15.4 Å². The zero-order chi connectivity index (χ0) is 11.1. The topological polar surface area (TPSA) is 67.4 Å². The number of hydrogen-bond acceptors (Lipinski definition) is 3. The standard InChI is InChI=1S/C10H18N2O3/c1-15-9(13)6-4-2-3-5-8-7-11-10(14)12-8/h8H,2-7H2,1H3,(H2,11,12,14). The largest absolute Gasteiger partial charge is 0.469 e. The monoisotopic (exact) mass is 214 g/mol. The summed E-state index contributed by atoms with van der Waals surface area (Å²) in [4.78, 5) is 21.6. The SMILES string of the molecule is COC(=O)CCCCCC1CNC(=O)N1. The Morgan fingerprint density at radius 1 is 1.47 bits per heavy atom. The van der Waals surface area contributed by atoms with E-state index < -0.39 is 0 Å². The number of carbonyl (C=O) groups is 2. The van der Waals surface area contributed by atoms with Crippen molar-refractivity contribution in [2.24, 2.45) is 0 Å². The van der Waals surface area contributed by atoms with Crippen LogP contribution in [-0.2, 0) is 9.53 Å². The molecule has 5 nitrogen and oxygen atoms in total.